The average Bonchev–Trinajstić information content (AvgIpc) is 3.15. The molecule has 4 fully saturated rings. The fourth-order valence-electron chi connectivity index (χ4n) is 7.07. The van der Waals surface area contributed by atoms with Crippen molar-refractivity contribution in [3.63, 3.8) is 0 Å². The third-order valence-corrected chi connectivity index (χ3v) is 8.65. The van der Waals surface area contributed by atoms with Gasteiger partial charge in [0, 0.05) is 25.2 Å². The van der Waals surface area contributed by atoms with Gasteiger partial charge in [-0.25, -0.2) is 0 Å². The number of carbonyl (C=O) groups excluding carboxylic acids is 2. The van der Waals surface area contributed by atoms with E-state index >= 15 is 0 Å². The molecular weight excluding hydrogens is 426 g/mol. The van der Waals surface area contributed by atoms with Crippen molar-refractivity contribution in [3.05, 3.63) is 59.7 Å². The molecule has 5 aliphatic rings. The Kier molecular flexibility index (Phi) is 4.24. The second kappa shape index (κ2) is 7.14. The number of piperidine rings is 1. The fraction of sp³-hybridized carbons (Fsp3) is 0.444. The van der Waals surface area contributed by atoms with Gasteiger partial charge in [-0.1, -0.05) is 48.5 Å². The highest BCUT2D eigenvalue weighted by Crippen LogP contribution is 2.50. The number of amides is 2. The van der Waals surface area contributed by atoms with Gasteiger partial charge in [-0.3, -0.25) is 14.5 Å². The number of hydrogen-bond acceptors (Lipinski definition) is 5. The lowest BCUT2D eigenvalue weighted by Gasteiger charge is -2.39. The van der Waals surface area contributed by atoms with E-state index in [2.05, 4.69) is 52.3 Å². The zero-order valence-electron chi connectivity index (χ0n) is 18.9. The lowest BCUT2D eigenvalue weighted by atomic mass is 10.0. The van der Waals surface area contributed by atoms with Gasteiger partial charge in [0.05, 0.1) is 24.2 Å². The molecule has 2 aromatic carbocycles. The van der Waals surface area contributed by atoms with Crippen molar-refractivity contribution < 1.29 is 9.59 Å². The Balaban J connectivity index is 1.10. The van der Waals surface area contributed by atoms with Gasteiger partial charge >= 0.3 is 0 Å². The van der Waals surface area contributed by atoms with Gasteiger partial charge in [0.2, 0.25) is 11.8 Å². The summed E-state index contributed by atoms with van der Waals surface area (Å²) in [6.07, 6.45) is 2.53. The smallest absolute Gasteiger partial charge is 0.242 e. The van der Waals surface area contributed by atoms with Crippen molar-refractivity contribution in [2.24, 2.45) is 11.7 Å². The Morgan fingerprint density at radius 3 is 2.38 bits per heavy atom. The van der Waals surface area contributed by atoms with Gasteiger partial charge in [-0.2, -0.15) is 5.26 Å². The third kappa shape index (κ3) is 2.70. The summed E-state index contributed by atoms with van der Waals surface area (Å²) in [5.41, 5.74) is 11.2. The first-order valence-corrected chi connectivity index (χ1v) is 12.3. The molecule has 2 aromatic rings. The first-order valence-electron chi connectivity index (χ1n) is 12.3. The number of fused-ring (bicyclic) bond motifs is 6. The number of likely N-dealkylation sites (tertiary alicyclic amines) is 3. The molecule has 0 radical (unpaired) electrons. The summed E-state index contributed by atoms with van der Waals surface area (Å²) in [6.45, 7) is 1.09. The fourth-order valence-corrected chi connectivity index (χ4v) is 7.07. The van der Waals surface area contributed by atoms with E-state index in [0.29, 0.717) is 12.5 Å². The Labute approximate surface area is 198 Å². The average molecular weight is 454 g/mol. The van der Waals surface area contributed by atoms with Gasteiger partial charge in [0.1, 0.15) is 6.04 Å². The van der Waals surface area contributed by atoms with Gasteiger partial charge in [0.15, 0.2) is 0 Å². The number of hydrogen-bond donors (Lipinski definition) is 1. The Hall–Kier alpha value is -3.21. The van der Waals surface area contributed by atoms with Crippen LogP contribution in [0.3, 0.4) is 0 Å². The Morgan fingerprint density at radius 1 is 1.06 bits per heavy atom. The second-order valence-corrected chi connectivity index (χ2v) is 10.5. The van der Waals surface area contributed by atoms with Crippen LogP contribution in [0.4, 0.5) is 0 Å². The van der Waals surface area contributed by atoms with Crippen LogP contribution in [0.25, 0.3) is 11.1 Å². The van der Waals surface area contributed by atoms with Crippen molar-refractivity contribution in [2.45, 2.75) is 55.5 Å². The molecule has 7 heteroatoms. The van der Waals surface area contributed by atoms with E-state index in [4.69, 9.17) is 5.73 Å². The molecule has 6 atom stereocenters. The van der Waals surface area contributed by atoms with Gasteiger partial charge in [-0.05, 0) is 47.4 Å². The summed E-state index contributed by atoms with van der Waals surface area (Å²) in [5.74, 6) is 0.462. The van der Waals surface area contributed by atoms with Crippen molar-refractivity contribution in [3.8, 4) is 17.2 Å². The molecule has 172 valence electrons. The van der Waals surface area contributed by atoms with E-state index in [-0.39, 0.29) is 42.0 Å². The number of piperazine rings is 1. The second-order valence-electron chi connectivity index (χ2n) is 10.5. The van der Waals surface area contributed by atoms with E-state index in [0.717, 1.165) is 25.8 Å². The van der Waals surface area contributed by atoms with Crippen LogP contribution >= 0.6 is 0 Å². The molecule has 2 bridgehead atoms. The summed E-state index contributed by atoms with van der Waals surface area (Å²) in [4.78, 5) is 32.7. The number of nitrogens with two attached hydrogens (primary N) is 1. The topological polar surface area (TPSA) is 93.7 Å². The number of nitriles is 1. The minimum absolute atomic E-state index is 0.0554. The highest BCUT2D eigenvalue weighted by atomic mass is 16.2. The highest BCUT2D eigenvalue weighted by molar-refractivity contribution is 5.89. The predicted molar refractivity (Wildman–Crippen MR) is 125 cm³/mol. The molecule has 7 nitrogen and oxygen atoms in total. The van der Waals surface area contributed by atoms with Crippen molar-refractivity contribution in [2.75, 3.05) is 13.1 Å². The van der Waals surface area contributed by atoms with Crippen LogP contribution in [0.15, 0.2) is 48.5 Å². The molecule has 3 heterocycles. The number of rotatable bonds is 4. The first kappa shape index (κ1) is 20.2. The number of nitrogens with zero attached hydrogens (tertiary/aromatic N) is 4. The molecule has 1 unspecified atom stereocenters. The number of carbonyl (C=O) groups is 2. The molecule has 1 saturated carbocycles. The summed E-state index contributed by atoms with van der Waals surface area (Å²) in [7, 11) is 0. The SMILES string of the molecule is N#C[C@@H]1C[C@@H]2C[C@@H]2N1C(=O)[C@@H](N)CN1CC2C[C@@H]1C(=O)N2C1c2ccccc2-c2ccccc21. The van der Waals surface area contributed by atoms with Crippen LogP contribution in [0, 0.1) is 17.2 Å². The van der Waals surface area contributed by atoms with Crippen LogP contribution in [-0.2, 0) is 9.59 Å². The standard InChI is InChI=1S/C27H27N5O2/c28-12-16-9-15-10-23(15)31(16)26(33)22(29)14-30-13-17-11-24(30)27(34)32(17)25-20-7-3-1-5-18(20)19-6-2-4-8-21(19)25/h1-8,15-17,22-25H,9-11,13-14,29H2/t15-,16+,17?,22+,23+,24-/m1/s1. The maximum atomic E-state index is 13.7. The molecule has 0 spiro atoms. The molecule has 2 N–H and O–H groups in total. The van der Waals surface area contributed by atoms with Crippen molar-refractivity contribution >= 4 is 11.8 Å². The van der Waals surface area contributed by atoms with E-state index in [1.54, 1.807) is 4.90 Å². The van der Waals surface area contributed by atoms with Crippen molar-refractivity contribution in [1.29, 1.82) is 5.26 Å². The third-order valence-electron chi connectivity index (χ3n) is 8.65. The van der Waals surface area contributed by atoms with Gasteiger partial charge in [-0.15, -0.1) is 0 Å². The molecule has 0 aromatic heterocycles. The minimum atomic E-state index is -0.705. The Morgan fingerprint density at radius 2 is 1.74 bits per heavy atom. The zero-order chi connectivity index (χ0) is 23.1. The van der Waals surface area contributed by atoms with Crippen LogP contribution in [-0.4, -0.2) is 69.8 Å². The first-order chi connectivity index (χ1) is 16.6. The number of benzene rings is 2. The quantitative estimate of drug-likeness (QED) is 0.763. The summed E-state index contributed by atoms with van der Waals surface area (Å²) in [6, 6.07) is 18.0. The summed E-state index contributed by atoms with van der Waals surface area (Å²) in [5, 5.41) is 9.44. The van der Waals surface area contributed by atoms with E-state index < -0.39 is 6.04 Å². The largest absolute Gasteiger partial charge is 0.326 e. The maximum Gasteiger partial charge on any atom is 0.242 e. The summed E-state index contributed by atoms with van der Waals surface area (Å²) < 4.78 is 0. The summed E-state index contributed by atoms with van der Waals surface area (Å²) >= 11 is 0. The van der Waals surface area contributed by atoms with Crippen molar-refractivity contribution in [1.82, 2.24) is 14.7 Å². The molecular formula is C27H27N5O2. The lowest BCUT2D eigenvalue weighted by molar-refractivity contribution is -0.140. The van der Waals surface area contributed by atoms with Gasteiger partial charge < -0.3 is 15.5 Å². The van der Waals surface area contributed by atoms with Crippen LogP contribution < -0.4 is 5.73 Å². The Bertz CT molecular complexity index is 1210. The normalized spacial score (nSPS) is 31.9. The molecule has 2 amide bonds. The van der Waals surface area contributed by atoms with Crippen LogP contribution in [0.2, 0.25) is 0 Å². The van der Waals surface area contributed by atoms with Gasteiger partial charge in [0.25, 0.3) is 0 Å². The monoisotopic (exact) mass is 453 g/mol. The van der Waals surface area contributed by atoms with E-state index in [1.807, 2.05) is 12.1 Å². The predicted octanol–water partition coefficient (Wildman–Crippen LogP) is 1.88. The molecule has 3 saturated heterocycles. The van der Waals surface area contributed by atoms with Crippen LogP contribution in [0.5, 0.6) is 0 Å². The van der Waals surface area contributed by atoms with E-state index in [1.165, 1.54) is 22.3 Å². The molecule has 3 aliphatic heterocycles. The minimum Gasteiger partial charge on any atom is -0.326 e. The van der Waals surface area contributed by atoms with E-state index in [9.17, 15) is 14.9 Å². The zero-order valence-corrected chi connectivity index (χ0v) is 18.9. The molecule has 7 rings (SSSR count). The molecule has 34 heavy (non-hydrogen) atoms. The lowest BCUT2D eigenvalue weighted by Crippen LogP contribution is -2.57. The maximum absolute atomic E-state index is 13.7. The van der Waals surface area contributed by atoms with Crippen LogP contribution in [0.1, 0.15) is 36.4 Å². The molecule has 2 aliphatic carbocycles. The highest BCUT2D eigenvalue weighted by Gasteiger charge is 2.56.